The topological polar surface area (TPSA) is 59.4 Å². The van der Waals surface area contributed by atoms with Gasteiger partial charge in [-0.05, 0) is 11.6 Å². The number of carboxylic acids is 1. The van der Waals surface area contributed by atoms with Crippen molar-refractivity contribution in [3.63, 3.8) is 0 Å². The van der Waals surface area contributed by atoms with E-state index in [0.717, 1.165) is 0 Å². The van der Waals surface area contributed by atoms with Crippen molar-refractivity contribution in [3.05, 3.63) is 23.0 Å². The van der Waals surface area contributed by atoms with E-state index in [-0.39, 0.29) is 22.9 Å². The Labute approximate surface area is 101 Å². The van der Waals surface area contributed by atoms with Crippen LogP contribution in [-0.2, 0) is 17.1 Å². The van der Waals surface area contributed by atoms with Crippen LogP contribution in [0.3, 0.4) is 0 Å². The van der Waals surface area contributed by atoms with Gasteiger partial charge >= 0.3 is 5.97 Å². The molecule has 1 aromatic heterocycles. The molecule has 7 heteroatoms. The second kappa shape index (κ2) is 5.77. The zero-order valence-electron chi connectivity index (χ0n) is 8.91. The van der Waals surface area contributed by atoms with Gasteiger partial charge in [-0.15, -0.1) is 11.6 Å². The van der Waals surface area contributed by atoms with Gasteiger partial charge in [-0.2, -0.15) is 0 Å². The van der Waals surface area contributed by atoms with Crippen LogP contribution in [0, 0.1) is 0 Å². The molecular formula is C10H10ClF2NO3. The van der Waals surface area contributed by atoms with Crippen molar-refractivity contribution >= 4 is 17.6 Å². The highest BCUT2D eigenvalue weighted by Crippen LogP contribution is 2.28. The number of hydrogen-bond donors (Lipinski definition) is 1. The Bertz CT molecular complexity index is 426. The van der Waals surface area contributed by atoms with Crippen molar-refractivity contribution in [1.29, 1.82) is 0 Å². The predicted octanol–water partition coefficient (Wildman–Crippen LogP) is 2.39. The summed E-state index contributed by atoms with van der Waals surface area (Å²) in [6.07, 6.45) is -3.28. The number of hydrogen-bond acceptors (Lipinski definition) is 3. The van der Waals surface area contributed by atoms with Gasteiger partial charge in [0.2, 0.25) is 0 Å². The van der Waals surface area contributed by atoms with Crippen molar-refractivity contribution in [2.75, 3.05) is 7.11 Å². The molecule has 0 saturated carbocycles. The lowest BCUT2D eigenvalue weighted by molar-refractivity contribution is -0.136. The second-order valence-corrected chi connectivity index (χ2v) is 3.45. The lowest BCUT2D eigenvalue weighted by Gasteiger charge is -2.11. The highest BCUT2D eigenvalue weighted by molar-refractivity contribution is 6.17. The standard InChI is InChI=1S/C10H10ClF2NO3/c1-17-7-2-5(4-11)9(10(12)13)14-6(7)3-8(15)16/h2,10H,3-4H2,1H3,(H,15,16). The number of alkyl halides is 3. The molecule has 0 aliphatic heterocycles. The first-order valence-corrected chi connectivity index (χ1v) is 5.15. The fraction of sp³-hybridized carbons (Fsp3) is 0.400. The molecule has 1 heterocycles. The molecule has 0 aliphatic rings. The smallest absolute Gasteiger partial charge is 0.309 e. The number of rotatable bonds is 5. The number of methoxy groups -OCH3 is 1. The third-order valence-corrected chi connectivity index (χ3v) is 2.35. The number of nitrogens with zero attached hydrogens (tertiary/aromatic N) is 1. The predicted molar refractivity (Wildman–Crippen MR) is 56.6 cm³/mol. The van der Waals surface area contributed by atoms with Gasteiger partial charge in [0.15, 0.2) is 0 Å². The zero-order valence-corrected chi connectivity index (χ0v) is 9.67. The second-order valence-electron chi connectivity index (χ2n) is 3.19. The Kier molecular flexibility index (Phi) is 4.62. The molecule has 0 bridgehead atoms. The van der Waals surface area contributed by atoms with E-state index < -0.39 is 24.5 Å². The average molecular weight is 266 g/mol. The number of ether oxygens (including phenoxy) is 1. The van der Waals surface area contributed by atoms with Gasteiger partial charge in [0, 0.05) is 5.88 Å². The molecule has 0 spiro atoms. The third kappa shape index (κ3) is 3.26. The Morgan fingerprint density at radius 1 is 1.65 bits per heavy atom. The Morgan fingerprint density at radius 3 is 2.71 bits per heavy atom. The van der Waals surface area contributed by atoms with Crippen LogP contribution in [0.15, 0.2) is 6.07 Å². The van der Waals surface area contributed by atoms with Gasteiger partial charge in [-0.25, -0.2) is 13.8 Å². The van der Waals surface area contributed by atoms with Gasteiger partial charge in [0.1, 0.15) is 11.4 Å². The minimum atomic E-state index is -2.80. The van der Waals surface area contributed by atoms with Crippen molar-refractivity contribution in [1.82, 2.24) is 4.98 Å². The molecule has 0 saturated heterocycles. The molecule has 0 aliphatic carbocycles. The van der Waals surface area contributed by atoms with Gasteiger partial charge < -0.3 is 9.84 Å². The molecule has 94 valence electrons. The maximum Gasteiger partial charge on any atom is 0.309 e. The van der Waals surface area contributed by atoms with Crippen LogP contribution in [-0.4, -0.2) is 23.2 Å². The maximum absolute atomic E-state index is 12.7. The highest BCUT2D eigenvalue weighted by atomic mass is 35.5. The summed E-state index contributed by atoms with van der Waals surface area (Å²) in [4.78, 5) is 14.2. The summed E-state index contributed by atoms with van der Waals surface area (Å²) >= 11 is 5.52. The van der Waals surface area contributed by atoms with E-state index in [2.05, 4.69) is 4.98 Å². The summed E-state index contributed by atoms with van der Waals surface area (Å²) in [5.41, 5.74) is -0.408. The van der Waals surface area contributed by atoms with Crippen molar-refractivity contribution in [3.8, 4) is 5.75 Å². The molecule has 0 atom stereocenters. The normalized spacial score (nSPS) is 10.6. The van der Waals surface area contributed by atoms with Crippen LogP contribution in [0.1, 0.15) is 23.4 Å². The number of aliphatic carboxylic acids is 1. The molecule has 0 amide bonds. The first-order valence-electron chi connectivity index (χ1n) is 4.62. The molecule has 0 aromatic carbocycles. The van der Waals surface area contributed by atoms with Crippen LogP contribution in [0.5, 0.6) is 5.75 Å². The van der Waals surface area contributed by atoms with E-state index >= 15 is 0 Å². The lowest BCUT2D eigenvalue weighted by atomic mass is 10.1. The molecule has 4 nitrogen and oxygen atoms in total. The largest absolute Gasteiger partial charge is 0.495 e. The summed E-state index contributed by atoms with van der Waals surface area (Å²) in [6, 6.07) is 1.29. The fourth-order valence-electron chi connectivity index (χ4n) is 1.33. The summed E-state index contributed by atoms with van der Waals surface area (Å²) in [7, 11) is 1.31. The number of aromatic nitrogens is 1. The SMILES string of the molecule is COc1cc(CCl)c(C(F)F)nc1CC(=O)O. The first-order chi connectivity index (χ1) is 7.99. The maximum atomic E-state index is 12.7. The molecule has 0 fully saturated rings. The molecule has 1 aromatic rings. The summed E-state index contributed by atoms with van der Waals surface area (Å²) in [5, 5.41) is 8.63. The molecule has 0 unspecified atom stereocenters. The quantitative estimate of drug-likeness (QED) is 0.831. The van der Waals surface area contributed by atoms with Crippen LogP contribution in [0.25, 0.3) is 0 Å². The third-order valence-electron chi connectivity index (χ3n) is 2.06. The molecule has 1 N–H and O–H groups in total. The van der Waals surface area contributed by atoms with Crippen molar-refractivity contribution < 1.29 is 23.4 Å². The van der Waals surface area contributed by atoms with Crippen LogP contribution >= 0.6 is 11.6 Å². The summed E-state index contributed by atoms with van der Waals surface area (Å²) in [5.74, 6) is -1.17. The number of pyridine rings is 1. The van der Waals surface area contributed by atoms with E-state index in [9.17, 15) is 13.6 Å². The average Bonchev–Trinajstić information content (AvgIpc) is 2.27. The molecule has 17 heavy (non-hydrogen) atoms. The van der Waals surface area contributed by atoms with E-state index in [1.807, 2.05) is 0 Å². The summed E-state index contributed by atoms with van der Waals surface area (Å²) in [6.45, 7) is 0. The van der Waals surface area contributed by atoms with Gasteiger partial charge in [-0.1, -0.05) is 0 Å². The number of carboxylic acid groups (broad SMARTS) is 1. The van der Waals surface area contributed by atoms with Crippen LogP contribution in [0.2, 0.25) is 0 Å². The van der Waals surface area contributed by atoms with Crippen LogP contribution < -0.4 is 4.74 Å². The zero-order chi connectivity index (χ0) is 13.0. The van der Waals surface area contributed by atoms with E-state index in [4.69, 9.17) is 21.4 Å². The van der Waals surface area contributed by atoms with Gasteiger partial charge in [-0.3, -0.25) is 4.79 Å². The fourth-order valence-corrected chi connectivity index (χ4v) is 1.54. The number of carbonyl (C=O) groups is 1. The van der Waals surface area contributed by atoms with E-state index in [1.165, 1.54) is 13.2 Å². The van der Waals surface area contributed by atoms with Gasteiger partial charge in [0.05, 0.1) is 19.2 Å². The first kappa shape index (κ1) is 13.6. The van der Waals surface area contributed by atoms with Crippen molar-refractivity contribution in [2.24, 2.45) is 0 Å². The minimum absolute atomic E-state index is 0.0378. The van der Waals surface area contributed by atoms with E-state index in [1.54, 1.807) is 0 Å². The monoisotopic (exact) mass is 265 g/mol. The molecule has 1 rings (SSSR count). The molecular weight excluding hydrogens is 256 g/mol. The Morgan fingerprint density at radius 2 is 2.29 bits per heavy atom. The highest BCUT2D eigenvalue weighted by Gasteiger charge is 2.19. The van der Waals surface area contributed by atoms with Crippen molar-refractivity contribution in [2.45, 2.75) is 18.7 Å². The van der Waals surface area contributed by atoms with E-state index in [0.29, 0.717) is 0 Å². The Hall–Kier alpha value is -1.43. The summed E-state index contributed by atoms with van der Waals surface area (Å²) < 4.78 is 30.2. The minimum Gasteiger partial charge on any atom is -0.495 e. The van der Waals surface area contributed by atoms with Gasteiger partial charge in [0.25, 0.3) is 6.43 Å². The lowest BCUT2D eigenvalue weighted by Crippen LogP contribution is -2.08. The number of halogens is 3. The Balaban J connectivity index is 3.28. The molecule has 0 radical (unpaired) electrons. The van der Waals surface area contributed by atoms with Crippen LogP contribution in [0.4, 0.5) is 8.78 Å².